The molecule has 1 aliphatic carbocycles. The topological polar surface area (TPSA) is 51.8 Å². The van der Waals surface area contributed by atoms with Crippen LogP contribution in [0.15, 0.2) is 37.8 Å². The lowest BCUT2D eigenvalue weighted by atomic mass is 10.4. The van der Waals surface area contributed by atoms with Crippen molar-refractivity contribution in [2.24, 2.45) is 0 Å². The SMILES string of the molecule is Brc1cc(Sc2ncco2)nc(C2CC2)n1. The maximum Gasteiger partial charge on any atom is 0.261 e. The summed E-state index contributed by atoms with van der Waals surface area (Å²) in [7, 11) is 0. The number of aromatic nitrogens is 3. The molecule has 4 nitrogen and oxygen atoms in total. The lowest BCUT2D eigenvalue weighted by Crippen LogP contribution is -1.94. The third kappa shape index (κ3) is 2.27. The monoisotopic (exact) mass is 297 g/mol. The summed E-state index contributed by atoms with van der Waals surface area (Å²) in [6.45, 7) is 0. The van der Waals surface area contributed by atoms with Gasteiger partial charge in [0.1, 0.15) is 21.7 Å². The number of rotatable bonds is 3. The zero-order chi connectivity index (χ0) is 11.0. The van der Waals surface area contributed by atoms with E-state index in [1.807, 2.05) is 6.07 Å². The van der Waals surface area contributed by atoms with Crippen molar-refractivity contribution < 1.29 is 4.42 Å². The molecule has 0 N–H and O–H groups in total. The van der Waals surface area contributed by atoms with E-state index in [4.69, 9.17) is 4.42 Å². The van der Waals surface area contributed by atoms with Gasteiger partial charge in [-0.2, -0.15) is 0 Å². The van der Waals surface area contributed by atoms with Gasteiger partial charge < -0.3 is 4.42 Å². The van der Waals surface area contributed by atoms with Crippen LogP contribution >= 0.6 is 27.7 Å². The summed E-state index contributed by atoms with van der Waals surface area (Å²) in [4.78, 5) is 12.9. The molecule has 1 saturated carbocycles. The second-order valence-corrected chi connectivity index (χ2v) is 5.35. The molecule has 1 fully saturated rings. The van der Waals surface area contributed by atoms with E-state index in [1.54, 1.807) is 12.5 Å². The summed E-state index contributed by atoms with van der Waals surface area (Å²) in [6, 6.07) is 1.88. The molecular formula is C10H8BrN3OS. The highest BCUT2D eigenvalue weighted by Gasteiger charge is 2.27. The van der Waals surface area contributed by atoms with E-state index in [0.717, 1.165) is 15.5 Å². The minimum atomic E-state index is 0.543. The van der Waals surface area contributed by atoms with Crippen LogP contribution in [0.5, 0.6) is 0 Å². The molecule has 0 saturated heterocycles. The molecular weight excluding hydrogens is 290 g/mol. The number of oxazole rings is 1. The molecule has 82 valence electrons. The minimum absolute atomic E-state index is 0.543. The first-order chi connectivity index (χ1) is 7.81. The van der Waals surface area contributed by atoms with Crippen molar-refractivity contribution >= 4 is 27.7 Å². The standard InChI is InChI=1S/C10H8BrN3OS/c11-7-5-8(16-10-12-3-4-15-10)14-9(13-7)6-1-2-6/h3-6H,1-2H2. The summed E-state index contributed by atoms with van der Waals surface area (Å²) in [5, 5.41) is 1.47. The van der Waals surface area contributed by atoms with Crippen LogP contribution in [0.3, 0.4) is 0 Å². The Morgan fingerprint density at radius 2 is 2.25 bits per heavy atom. The summed E-state index contributed by atoms with van der Waals surface area (Å²) in [5.74, 6) is 1.46. The molecule has 2 heterocycles. The highest BCUT2D eigenvalue weighted by molar-refractivity contribution is 9.10. The molecule has 0 bridgehead atoms. The highest BCUT2D eigenvalue weighted by Crippen LogP contribution is 2.39. The smallest absolute Gasteiger partial charge is 0.261 e. The number of hydrogen-bond acceptors (Lipinski definition) is 5. The highest BCUT2D eigenvalue weighted by atomic mass is 79.9. The number of halogens is 1. The van der Waals surface area contributed by atoms with Gasteiger partial charge in [-0.15, -0.1) is 0 Å². The Morgan fingerprint density at radius 1 is 1.38 bits per heavy atom. The van der Waals surface area contributed by atoms with Crippen LogP contribution in [0, 0.1) is 0 Å². The maximum absolute atomic E-state index is 5.17. The summed E-state index contributed by atoms with van der Waals surface area (Å²) in [5.41, 5.74) is 0. The second kappa shape index (κ2) is 4.18. The van der Waals surface area contributed by atoms with Crippen LogP contribution in [0.4, 0.5) is 0 Å². The molecule has 0 radical (unpaired) electrons. The number of nitrogens with zero attached hydrogens (tertiary/aromatic N) is 3. The quantitative estimate of drug-likeness (QED) is 0.814. The summed E-state index contributed by atoms with van der Waals surface area (Å²) >= 11 is 4.81. The van der Waals surface area contributed by atoms with Crippen molar-refractivity contribution in [2.75, 3.05) is 0 Å². The molecule has 16 heavy (non-hydrogen) atoms. The van der Waals surface area contributed by atoms with Gasteiger partial charge in [-0.05, 0) is 40.5 Å². The zero-order valence-corrected chi connectivity index (χ0v) is 10.7. The Morgan fingerprint density at radius 3 is 2.94 bits per heavy atom. The number of hydrogen-bond donors (Lipinski definition) is 0. The Hall–Kier alpha value is -0.880. The largest absolute Gasteiger partial charge is 0.440 e. The first-order valence-electron chi connectivity index (χ1n) is 4.93. The first kappa shape index (κ1) is 10.3. The molecule has 6 heteroatoms. The van der Waals surface area contributed by atoms with Crippen LogP contribution in [-0.4, -0.2) is 15.0 Å². The average molecular weight is 298 g/mol. The van der Waals surface area contributed by atoms with Gasteiger partial charge in [0.2, 0.25) is 0 Å². The maximum atomic E-state index is 5.17. The van der Waals surface area contributed by atoms with Gasteiger partial charge in [0, 0.05) is 12.0 Å². The van der Waals surface area contributed by atoms with Crippen molar-refractivity contribution in [3.8, 4) is 0 Å². The summed E-state index contributed by atoms with van der Waals surface area (Å²) in [6.07, 6.45) is 5.57. The van der Waals surface area contributed by atoms with Crippen LogP contribution in [0.2, 0.25) is 0 Å². The zero-order valence-electron chi connectivity index (χ0n) is 8.26. The lowest BCUT2D eigenvalue weighted by molar-refractivity contribution is 0.454. The average Bonchev–Trinajstić information content (AvgIpc) is 2.98. The van der Waals surface area contributed by atoms with Crippen molar-refractivity contribution in [1.82, 2.24) is 15.0 Å². The van der Waals surface area contributed by atoms with Gasteiger partial charge in [-0.25, -0.2) is 15.0 Å². The Kier molecular flexibility index (Phi) is 2.69. The van der Waals surface area contributed by atoms with E-state index in [2.05, 4.69) is 30.9 Å². The molecule has 0 aliphatic heterocycles. The second-order valence-electron chi connectivity index (χ2n) is 3.56. The van der Waals surface area contributed by atoms with E-state index < -0.39 is 0 Å². The van der Waals surface area contributed by atoms with Gasteiger partial charge in [0.15, 0.2) is 0 Å². The van der Waals surface area contributed by atoms with E-state index in [9.17, 15) is 0 Å². The predicted molar refractivity (Wildman–Crippen MR) is 62.3 cm³/mol. The molecule has 2 aromatic heterocycles. The fraction of sp³-hybridized carbons (Fsp3) is 0.300. The fourth-order valence-electron chi connectivity index (χ4n) is 1.34. The molecule has 0 aromatic carbocycles. The van der Waals surface area contributed by atoms with E-state index >= 15 is 0 Å². The molecule has 0 atom stereocenters. The molecule has 2 aromatic rings. The minimum Gasteiger partial charge on any atom is -0.440 e. The molecule has 1 aliphatic rings. The van der Waals surface area contributed by atoms with Gasteiger partial charge >= 0.3 is 0 Å². The van der Waals surface area contributed by atoms with Crippen LogP contribution in [0.25, 0.3) is 0 Å². The van der Waals surface area contributed by atoms with Gasteiger partial charge in [-0.3, -0.25) is 0 Å². The first-order valence-corrected chi connectivity index (χ1v) is 6.54. The van der Waals surface area contributed by atoms with Crippen molar-refractivity contribution in [1.29, 1.82) is 0 Å². The normalized spacial score (nSPS) is 15.3. The van der Waals surface area contributed by atoms with Gasteiger partial charge in [-0.1, -0.05) is 0 Å². The van der Waals surface area contributed by atoms with Crippen LogP contribution in [0.1, 0.15) is 24.6 Å². The van der Waals surface area contributed by atoms with Gasteiger partial charge in [0.25, 0.3) is 5.22 Å². The van der Waals surface area contributed by atoms with Crippen LogP contribution in [-0.2, 0) is 0 Å². The molecule has 0 spiro atoms. The van der Waals surface area contributed by atoms with Crippen molar-refractivity contribution in [2.45, 2.75) is 29.0 Å². The predicted octanol–water partition coefficient (Wildman–Crippen LogP) is 3.26. The van der Waals surface area contributed by atoms with Gasteiger partial charge in [0.05, 0.1) is 6.20 Å². The van der Waals surface area contributed by atoms with Crippen LogP contribution < -0.4 is 0 Å². The summed E-state index contributed by atoms with van der Waals surface area (Å²) < 4.78 is 5.99. The Labute approximate surface area is 105 Å². The van der Waals surface area contributed by atoms with E-state index in [1.165, 1.54) is 24.6 Å². The molecule has 0 unspecified atom stereocenters. The lowest BCUT2D eigenvalue weighted by Gasteiger charge is -2.01. The van der Waals surface area contributed by atoms with E-state index in [-0.39, 0.29) is 0 Å². The third-order valence-corrected chi connectivity index (χ3v) is 3.43. The Bertz CT molecular complexity index is 499. The Balaban J connectivity index is 1.88. The van der Waals surface area contributed by atoms with Crippen molar-refractivity contribution in [3.63, 3.8) is 0 Å². The van der Waals surface area contributed by atoms with Crippen molar-refractivity contribution in [3.05, 3.63) is 29.0 Å². The van der Waals surface area contributed by atoms with E-state index in [0.29, 0.717) is 11.1 Å². The molecule has 3 rings (SSSR count). The fourth-order valence-corrected chi connectivity index (χ4v) is 2.60. The third-order valence-electron chi connectivity index (χ3n) is 2.23. The molecule has 0 amide bonds.